The number of guanidine groups is 2. The Bertz CT molecular complexity index is 720. The number of hydrogen-bond donors (Lipinski definition) is 2. The van der Waals surface area contributed by atoms with Gasteiger partial charge in [0.15, 0.2) is 0 Å². The maximum absolute atomic E-state index is 12.0. The van der Waals surface area contributed by atoms with Crippen molar-refractivity contribution in [2.45, 2.75) is 44.7 Å². The summed E-state index contributed by atoms with van der Waals surface area (Å²) in [5, 5.41) is 0. The zero-order chi connectivity index (χ0) is 17.3. The Labute approximate surface area is 141 Å². The summed E-state index contributed by atoms with van der Waals surface area (Å²) in [5.41, 5.74) is 13.7. The first-order valence-electron chi connectivity index (χ1n) is 8.15. The van der Waals surface area contributed by atoms with Crippen molar-refractivity contribution in [3.63, 3.8) is 0 Å². The Morgan fingerprint density at radius 3 is 2.62 bits per heavy atom. The van der Waals surface area contributed by atoms with Crippen LogP contribution >= 0.6 is 0 Å². The lowest BCUT2D eigenvalue weighted by Gasteiger charge is -2.45. The van der Waals surface area contributed by atoms with E-state index < -0.39 is 5.66 Å². The first-order chi connectivity index (χ1) is 11.5. The molecule has 128 valence electrons. The predicted molar refractivity (Wildman–Crippen MR) is 94.1 cm³/mol. The molecule has 7 nitrogen and oxygen atoms in total. The van der Waals surface area contributed by atoms with Crippen molar-refractivity contribution < 1.29 is 9.53 Å². The van der Waals surface area contributed by atoms with E-state index in [2.05, 4.69) is 9.98 Å². The molecule has 1 aromatic carbocycles. The highest BCUT2D eigenvalue weighted by molar-refractivity contribution is 6.06. The quantitative estimate of drug-likeness (QED) is 0.806. The fraction of sp³-hybridized carbons (Fsp3) is 0.471. The Kier molecular flexibility index (Phi) is 4.17. The van der Waals surface area contributed by atoms with Crippen molar-refractivity contribution in [3.8, 4) is 0 Å². The lowest BCUT2D eigenvalue weighted by Crippen LogP contribution is -2.58. The summed E-state index contributed by atoms with van der Waals surface area (Å²) in [6.45, 7) is 1.87. The average Bonchev–Trinajstić information content (AvgIpc) is 2.55. The molecule has 1 heterocycles. The molecule has 0 amide bonds. The van der Waals surface area contributed by atoms with E-state index in [4.69, 9.17) is 16.2 Å². The molecule has 0 atom stereocenters. The van der Waals surface area contributed by atoms with Crippen LogP contribution in [0.5, 0.6) is 0 Å². The summed E-state index contributed by atoms with van der Waals surface area (Å²) in [4.78, 5) is 22.7. The number of methoxy groups -OCH3 is 1. The monoisotopic (exact) mass is 329 g/mol. The van der Waals surface area contributed by atoms with Gasteiger partial charge in [0.2, 0.25) is 11.9 Å². The highest BCUT2D eigenvalue weighted by Crippen LogP contribution is 2.39. The molecule has 1 saturated carbocycles. The topological polar surface area (TPSA) is 106 Å². The van der Waals surface area contributed by atoms with Gasteiger partial charge in [0.05, 0.1) is 12.7 Å². The molecule has 1 aromatic rings. The fourth-order valence-electron chi connectivity index (χ4n) is 3.57. The number of carbonyl (C=O) groups is 1. The molecule has 3 rings (SSSR count). The number of esters is 1. The molecule has 1 aliphatic carbocycles. The highest BCUT2D eigenvalue weighted by Gasteiger charge is 2.42. The minimum Gasteiger partial charge on any atom is -0.465 e. The number of hydrogen-bond acceptors (Lipinski definition) is 7. The summed E-state index contributed by atoms with van der Waals surface area (Å²) in [6.07, 6.45) is 4.98. The molecular weight excluding hydrogens is 306 g/mol. The molecule has 1 spiro atoms. The van der Waals surface area contributed by atoms with Crippen LogP contribution in [-0.4, -0.2) is 30.7 Å². The van der Waals surface area contributed by atoms with Crippen LogP contribution in [0.4, 0.5) is 5.69 Å². The second kappa shape index (κ2) is 6.14. The van der Waals surface area contributed by atoms with Crippen molar-refractivity contribution in [2.24, 2.45) is 21.5 Å². The van der Waals surface area contributed by atoms with Gasteiger partial charge in [-0.05, 0) is 50.3 Å². The number of aliphatic imine (C=N–C) groups is 2. The number of rotatable bonds is 2. The molecule has 24 heavy (non-hydrogen) atoms. The number of carbonyl (C=O) groups excluding carboxylic acids is 1. The Balaban J connectivity index is 2.09. The van der Waals surface area contributed by atoms with Crippen molar-refractivity contribution in [1.82, 2.24) is 0 Å². The van der Waals surface area contributed by atoms with Gasteiger partial charge in [-0.15, -0.1) is 0 Å². The largest absolute Gasteiger partial charge is 0.465 e. The molecule has 0 bridgehead atoms. The SMILES string of the molecule is COC(=O)c1cc(N2C(N)=NC(N)=NC23CCCCC3)ccc1C. The first kappa shape index (κ1) is 16.3. The summed E-state index contributed by atoms with van der Waals surface area (Å²) < 4.78 is 4.87. The maximum Gasteiger partial charge on any atom is 0.338 e. The number of nitrogens with zero attached hydrogens (tertiary/aromatic N) is 3. The third kappa shape index (κ3) is 2.70. The van der Waals surface area contributed by atoms with Gasteiger partial charge in [0.1, 0.15) is 5.66 Å². The summed E-state index contributed by atoms with van der Waals surface area (Å²) >= 11 is 0. The van der Waals surface area contributed by atoms with Crippen LogP contribution in [0.1, 0.15) is 48.0 Å². The molecule has 0 radical (unpaired) electrons. The van der Waals surface area contributed by atoms with Crippen LogP contribution in [-0.2, 0) is 4.74 Å². The van der Waals surface area contributed by atoms with Gasteiger partial charge in [0.25, 0.3) is 0 Å². The van der Waals surface area contributed by atoms with Crippen LogP contribution in [0.3, 0.4) is 0 Å². The third-order valence-corrected chi connectivity index (χ3v) is 4.74. The smallest absolute Gasteiger partial charge is 0.338 e. The first-order valence-corrected chi connectivity index (χ1v) is 8.15. The molecule has 1 fully saturated rings. The van der Waals surface area contributed by atoms with Crippen molar-refractivity contribution in [2.75, 3.05) is 12.0 Å². The maximum atomic E-state index is 12.0. The summed E-state index contributed by atoms with van der Waals surface area (Å²) in [7, 11) is 1.37. The Morgan fingerprint density at radius 2 is 1.96 bits per heavy atom. The van der Waals surface area contributed by atoms with E-state index in [1.807, 2.05) is 24.0 Å². The highest BCUT2D eigenvalue weighted by atomic mass is 16.5. The van der Waals surface area contributed by atoms with E-state index in [0.717, 1.165) is 36.9 Å². The number of ether oxygens (including phenoxy) is 1. The van der Waals surface area contributed by atoms with Crippen molar-refractivity contribution in [3.05, 3.63) is 29.3 Å². The van der Waals surface area contributed by atoms with Crippen molar-refractivity contribution >= 4 is 23.6 Å². The van der Waals surface area contributed by atoms with Gasteiger partial charge >= 0.3 is 5.97 Å². The zero-order valence-electron chi connectivity index (χ0n) is 14.1. The second-order valence-corrected chi connectivity index (χ2v) is 6.31. The lowest BCUT2D eigenvalue weighted by atomic mass is 9.87. The van der Waals surface area contributed by atoms with Crippen molar-refractivity contribution in [1.29, 1.82) is 0 Å². The molecule has 4 N–H and O–H groups in total. The molecule has 0 aromatic heterocycles. The number of aryl methyl sites for hydroxylation is 1. The van der Waals surface area contributed by atoms with Gasteiger partial charge in [-0.2, -0.15) is 4.99 Å². The van der Waals surface area contributed by atoms with Crippen LogP contribution < -0.4 is 16.4 Å². The lowest BCUT2D eigenvalue weighted by molar-refractivity contribution is 0.0600. The Hall–Kier alpha value is -2.57. The summed E-state index contributed by atoms with van der Waals surface area (Å²) in [5.74, 6) is 0.151. The minimum atomic E-state index is -0.517. The van der Waals surface area contributed by atoms with E-state index in [-0.39, 0.29) is 11.9 Å². The molecule has 2 aliphatic rings. The molecule has 0 unspecified atom stereocenters. The summed E-state index contributed by atoms with van der Waals surface area (Å²) in [6, 6.07) is 5.60. The number of nitrogens with two attached hydrogens (primary N) is 2. The van der Waals surface area contributed by atoms with E-state index in [9.17, 15) is 4.79 Å². The van der Waals surface area contributed by atoms with E-state index in [0.29, 0.717) is 11.5 Å². The average molecular weight is 329 g/mol. The van der Waals surface area contributed by atoms with Crippen LogP contribution in [0, 0.1) is 6.92 Å². The molecule has 7 heteroatoms. The molecular formula is C17H23N5O2. The standard InChI is InChI=1S/C17H23N5O2/c1-11-6-7-12(10-13(11)14(23)24-2)22-16(19)20-15(18)21-17(22)8-4-3-5-9-17/h6-7,10H,3-5,8-9H2,1-2H3,(H4,18,19,20,21). The van der Waals surface area contributed by atoms with Crippen LogP contribution in [0.15, 0.2) is 28.2 Å². The van der Waals surface area contributed by atoms with Gasteiger partial charge < -0.3 is 16.2 Å². The van der Waals surface area contributed by atoms with Gasteiger partial charge in [0, 0.05) is 5.69 Å². The predicted octanol–water partition coefficient (Wildman–Crippen LogP) is 1.89. The van der Waals surface area contributed by atoms with E-state index >= 15 is 0 Å². The van der Waals surface area contributed by atoms with Crippen LogP contribution in [0.2, 0.25) is 0 Å². The fourth-order valence-corrected chi connectivity index (χ4v) is 3.57. The normalized spacial score (nSPS) is 19.7. The van der Waals surface area contributed by atoms with E-state index in [1.165, 1.54) is 13.5 Å². The third-order valence-electron chi connectivity index (χ3n) is 4.74. The molecule has 0 saturated heterocycles. The molecule has 1 aliphatic heterocycles. The van der Waals surface area contributed by atoms with Gasteiger partial charge in [-0.3, -0.25) is 4.90 Å². The Morgan fingerprint density at radius 1 is 1.25 bits per heavy atom. The van der Waals surface area contributed by atoms with E-state index in [1.54, 1.807) is 6.07 Å². The van der Waals surface area contributed by atoms with Gasteiger partial charge in [-0.25, -0.2) is 9.79 Å². The zero-order valence-corrected chi connectivity index (χ0v) is 14.1. The second-order valence-electron chi connectivity index (χ2n) is 6.31. The number of benzene rings is 1. The van der Waals surface area contributed by atoms with Gasteiger partial charge in [-0.1, -0.05) is 12.5 Å². The number of anilines is 1. The minimum absolute atomic E-state index is 0.214. The van der Waals surface area contributed by atoms with Crippen LogP contribution in [0.25, 0.3) is 0 Å².